The van der Waals surface area contributed by atoms with Crippen LogP contribution in [0.5, 0.6) is 0 Å². The minimum absolute atomic E-state index is 1.04. The fourth-order valence-corrected chi connectivity index (χ4v) is 2.61. The van der Waals surface area contributed by atoms with Crippen molar-refractivity contribution < 1.29 is 0 Å². The topological polar surface area (TPSA) is 25.8 Å². The lowest BCUT2D eigenvalue weighted by Crippen LogP contribution is -1.80. The van der Waals surface area contributed by atoms with Crippen molar-refractivity contribution in [3.8, 4) is 10.6 Å². The van der Waals surface area contributed by atoms with E-state index < -0.39 is 0 Å². The van der Waals surface area contributed by atoms with E-state index in [-0.39, 0.29) is 0 Å². The van der Waals surface area contributed by atoms with Gasteiger partial charge in [0.1, 0.15) is 5.01 Å². The lowest BCUT2D eigenvalue weighted by atomic mass is 10.2. The summed E-state index contributed by atoms with van der Waals surface area (Å²) in [5.41, 5.74) is 3.32. The molecule has 0 radical (unpaired) electrons. The molecule has 2 nitrogen and oxygen atoms in total. The Bertz CT molecular complexity index is 610. The van der Waals surface area contributed by atoms with Crippen molar-refractivity contribution in [2.75, 3.05) is 0 Å². The molecule has 3 rings (SSSR count). The van der Waals surface area contributed by atoms with Gasteiger partial charge in [0.2, 0.25) is 0 Å². The summed E-state index contributed by atoms with van der Waals surface area (Å²) in [6.45, 7) is 2.05. The molecule has 78 valence electrons. The van der Waals surface area contributed by atoms with Gasteiger partial charge in [0, 0.05) is 18.0 Å². The summed E-state index contributed by atoms with van der Waals surface area (Å²) in [4.78, 5) is 8.80. The van der Waals surface area contributed by atoms with Crippen LogP contribution in [0.25, 0.3) is 20.8 Å². The maximum absolute atomic E-state index is 4.60. The number of thiazole rings is 1. The molecule has 0 aliphatic heterocycles. The standard InChI is InChI=1S/C13H10N2S/c1-9-6-10(8-14-7-9)13-15-11-4-2-3-5-12(11)16-13/h2-8H,1H3. The molecule has 0 bridgehead atoms. The average molecular weight is 226 g/mol. The lowest BCUT2D eigenvalue weighted by Gasteiger charge is -1.95. The molecular weight excluding hydrogens is 216 g/mol. The predicted molar refractivity (Wildman–Crippen MR) is 67.6 cm³/mol. The molecule has 0 saturated heterocycles. The number of para-hydroxylation sites is 1. The Kier molecular flexibility index (Phi) is 2.18. The molecular formula is C13H10N2S. The van der Waals surface area contributed by atoms with Gasteiger partial charge in [-0.3, -0.25) is 4.98 Å². The highest BCUT2D eigenvalue weighted by molar-refractivity contribution is 7.21. The number of benzene rings is 1. The van der Waals surface area contributed by atoms with Gasteiger partial charge >= 0.3 is 0 Å². The third kappa shape index (κ3) is 1.59. The molecule has 2 aromatic heterocycles. The molecule has 0 unspecified atom stereocenters. The molecule has 0 aliphatic rings. The molecule has 3 aromatic rings. The Morgan fingerprint density at radius 1 is 1.12 bits per heavy atom. The Hall–Kier alpha value is -1.74. The highest BCUT2D eigenvalue weighted by atomic mass is 32.1. The number of aryl methyl sites for hydroxylation is 1. The normalized spacial score (nSPS) is 10.8. The number of fused-ring (bicyclic) bond motifs is 1. The van der Waals surface area contributed by atoms with Gasteiger partial charge in [-0.15, -0.1) is 11.3 Å². The van der Waals surface area contributed by atoms with E-state index in [2.05, 4.69) is 22.1 Å². The van der Waals surface area contributed by atoms with E-state index in [1.54, 1.807) is 11.3 Å². The highest BCUT2D eigenvalue weighted by Crippen LogP contribution is 2.29. The van der Waals surface area contributed by atoms with E-state index >= 15 is 0 Å². The summed E-state index contributed by atoms with van der Waals surface area (Å²) >= 11 is 1.71. The Labute approximate surface area is 97.6 Å². The maximum Gasteiger partial charge on any atom is 0.126 e. The van der Waals surface area contributed by atoms with E-state index in [9.17, 15) is 0 Å². The van der Waals surface area contributed by atoms with Crippen LogP contribution < -0.4 is 0 Å². The van der Waals surface area contributed by atoms with Crippen LogP contribution in [0, 0.1) is 6.92 Å². The van der Waals surface area contributed by atoms with Crippen molar-refractivity contribution in [2.24, 2.45) is 0 Å². The first-order chi connectivity index (χ1) is 7.83. The first-order valence-electron chi connectivity index (χ1n) is 5.10. The van der Waals surface area contributed by atoms with Crippen LogP contribution in [-0.4, -0.2) is 9.97 Å². The van der Waals surface area contributed by atoms with Gasteiger partial charge in [-0.25, -0.2) is 4.98 Å². The second kappa shape index (κ2) is 3.68. The summed E-state index contributed by atoms with van der Waals surface area (Å²) < 4.78 is 1.22. The highest BCUT2D eigenvalue weighted by Gasteiger charge is 2.05. The quantitative estimate of drug-likeness (QED) is 0.632. The molecule has 0 aliphatic carbocycles. The molecule has 2 heterocycles. The number of nitrogens with zero attached hydrogens (tertiary/aromatic N) is 2. The third-order valence-corrected chi connectivity index (χ3v) is 3.50. The number of hydrogen-bond acceptors (Lipinski definition) is 3. The van der Waals surface area contributed by atoms with Crippen LogP contribution in [0.3, 0.4) is 0 Å². The molecule has 16 heavy (non-hydrogen) atoms. The largest absolute Gasteiger partial charge is 0.264 e. The molecule has 1 aromatic carbocycles. The third-order valence-electron chi connectivity index (χ3n) is 2.42. The maximum atomic E-state index is 4.60. The van der Waals surface area contributed by atoms with Crippen LogP contribution in [0.1, 0.15) is 5.56 Å². The number of hydrogen-bond donors (Lipinski definition) is 0. The SMILES string of the molecule is Cc1cncc(-c2nc3ccccc3s2)c1. The number of rotatable bonds is 1. The Balaban J connectivity index is 2.19. The fourth-order valence-electron chi connectivity index (χ4n) is 1.67. The van der Waals surface area contributed by atoms with Crippen molar-refractivity contribution in [3.63, 3.8) is 0 Å². The molecule has 0 saturated carbocycles. The molecule has 0 amide bonds. The summed E-state index contributed by atoms with van der Waals surface area (Å²) in [5.74, 6) is 0. The molecule has 0 N–H and O–H groups in total. The zero-order valence-corrected chi connectivity index (χ0v) is 9.66. The van der Waals surface area contributed by atoms with Crippen LogP contribution in [0.4, 0.5) is 0 Å². The fraction of sp³-hybridized carbons (Fsp3) is 0.0769. The lowest BCUT2D eigenvalue weighted by molar-refractivity contribution is 1.26. The molecule has 0 fully saturated rings. The molecule has 3 heteroatoms. The zero-order chi connectivity index (χ0) is 11.0. The first kappa shape index (κ1) is 9.48. The van der Waals surface area contributed by atoms with Gasteiger partial charge in [0.15, 0.2) is 0 Å². The summed E-state index contributed by atoms with van der Waals surface area (Å²) in [5, 5.41) is 1.04. The zero-order valence-electron chi connectivity index (χ0n) is 8.84. The minimum Gasteiger partial charge on any atom is -0.264 e. The van der Waals surface area contributed by atoms with Crippen molar-refractivity contribution in [1.82, 2.24) is 9.97 Å². The van der Waals surface area contributed by atoms with E-state index in [0.717, 1.165) is 21.7 Å². The van der Waals surface area contributed by atoms with Gasteiger partial charge in [-0.2, -0.15) is 0 Å². The average Bonchev–Trinajstić information content (AvgIpc) is 2.72. The monoisotopic (exact) mass is 226 g/mol. The minimum atomic E-state index is 1.04. The van der Waals surface area contributed by atoms with Gasteiger partial charge < -0.3 is 0 Å². The number of aromatic nitrogens is 2. The van der Waals surface area contributed by atoms with Crippen molar-refractivity contribution >= 4 is 21.6 Å². The van der Waals surface area contributed by atoms with Gasteiger partial charge in [0.05, 0.1) is 10.2 Å². The van der Waals surface area contributed by atoms with Gasteiger partial charge in [-0.1, -0.05) is 12.1 Å². The summed E-state index contributed by atoms with van der Waals surface area (Å²) in [7, 11) is 0. The summed E-state index contributed by atoms with van der Waals surface area (Å²) in [6, 6.07) is 10.3. The van der Waals surface area contributed by atoms with Crippen molar-refractivity contribution in [1.29, 1.82) is 0 Å². The molecule has 0 spiro atoms. The van der Waals surface area contributed by atoms with Crippen LogP contribution in [0.2, 0.25) is 0 Å². The Morgan fingerprint density at radius 2 is 2.00 bits per heavy atom. The summed E-state index contributed by atoms with van der Waals surface area (Å²) in [6.07, 6.45) is 3.72. The van der Waals surface area contributed by atoms with Crippen molar-refractivity contribution in [3.05, 3.63) is 48.3 Å². The second-order valence-corrected chi connectivity index (χ2v) is 4.77. The predicted octanol–water partition coefficient (Wildman–Crippen LogP) is 3.67. The van der Waals surface area contributed by atoms with Gasteiger partial charge in [-0.05, 0) is 30.7 Å². The van der Waals surface area contributed by atoms with E-state index in [1.165, 1.54) is 4.70 Å². The van der Waals surface area contributed by atoms with E-state index in [1.807, 2.05) is 37.5 Å². The van der Waals surface area contributed by atoms with Crippen molar-refractivity contribution in [2.45, 2.75) is 6.92 Å². The van der Waals surface area contributed by atoms with Gasteiger partial charge in [0.25, 0.3) is 0 Å². The Morgan fingerprint density at radius 3 is 2.81 bits per heavy atom. The molecule has 0 atom stereocenters. The van der Waals surface area contributed by atoms with Crippen LogP contribution >= 0.6 is 11.3 Å². The smallest absolute Gasteiger partial charge is 0.126 e. The second-order valence-electron chi connectivity index (χ2n) is 3.74. The first-order valence-corrected chi connectivity index (χ1v) is 5.92. The van der Waals surface area contributed by atoms with Crippen LogP contribution in [0.15, 0.2) is 42.7 Å². The van der Waals surface area contributed by atoms with E-state index in [4.69, 9.17) is 0 Å². The van der Waals surface area contributed by atoms with E-state index in [0.29, 0.717) is 0 Å². The number of pyridine rings is 1. The van der Waals surface area contributed by atoms with Crippen LogP contribution in [-0.2, 0) is 0 Å².